The summed E-state index contributed by atoms with van der Waals surface area (Å²) in [5.74, 6) is 0.602. The maximum Gasteiger partial charge on any atom is 0.206 e. The second-order valence-corrected chi connectivity index (χ2v) is 7.77. The summed E-state index contributed by atoms with van der Waals surface area (Å²) in [6.07, 6.45) is 1.69. The number of phenols is 1. The van der Waals surface area contributed by atoms with Crippen LogP contribution in [-0.2, 0) is 0 Å². The molecule has 0 aliphatic carbocycles. The van der Waals surface area contributed by atoms with Crippen molar-refractivity contribution in [3.05, 3.63) is 57.5 Å². The molecule has 3 rings (SSSR count). The van der Waals surface area contributed by atoms with Crippen molar-refractivity contribution in [3.63, 3.8) is 0 Å². The van der Waals surface area contributed by atoms with Crippen LogP contribution in [0.5, 0.6) is 17.2 Å². The van der Waals surface area contributed by atoms with E-state index >= 15 is 0 Å². The van der Waals surface area contributed by atoms with Gasteiger partial charge in [-0.3, -0.25) is 4.99 Å². The van der Waals surface area contributed by atoms with Gasteiger partial charge in [0, 0.05) is 10.9 Å². The summed E-state index contributed by atoms with van der Waals surface area (Å²) >= 11 is 3.17. The maximum absolute atomic E-state index is 10.1. The lowest BCUT2D eigenvalue weighted by Gasteiger charge is -2.09. The average molecular weight is 416 g/mol. The molecule has 2 aromatic heterocycles. The first kappa shape index (κ1) is 19.9. The highest BCUT2D eigenvalue weighted by Gasteiger charge is 2.11. The van der Waals surface area contributed by atoms with Crippen molar-refractivity contribution in [2.24, 2.45) is 10.1 Å². The Morgan fingerprint density at radius 3 is 2.54 bits per heavy atom. The third-order valence-corrected chi connectivity index (χ3v) is 5.51. The minimum atomic E-state index is -0.0400. The number of thiophene rings is 1. The fourth-order valence-electron chi connectivity index (χ4n) is 2.43. The molecule has 0 aliphatic rings. The SMILES string of the molecule is C=C(C)CN=c1scc(-c2cccs2)n1N=Cc1cc(OC)c(O)c(OC)c1. The van der Waals surface area contributed by atoms with Crippen LogP contribution < -0.4 is 14.3 Å². The zero-order chi connectivity index (χ0) is 20.1. The number of phenolic OH excluding ortho intramolecular Hbond substituents is 1. The van der Waals surface area contributed by atoms with Crippen LogP contribution in [0.15, 0.2) is 57.3 Å². The number of rotatable bonds is 7. The van der Waals surface area contributed by atoms with E-state index in [9.17, 15) is 5.11 Å². The molecule has 0 fully saturated rings. The second kappa shape index (κ2) is 8.90. The number of aromatic nitrogens is 1. The number of hydrogen-bond acceptors (Lipinski definition) is 7. The standard InChI is InChI=1S/C20H21N3O3S2/c1-13(2)10-21-20-23(15(12-28-20)18-6-5-7-27-18)22-11-14-8-16(25-3)19(24)17(9-14)26-4/h5-9,11-12,24H,1,10H2,2-4H3. The summed E-state index contributed by atoms with van der Waals surface area (Å²) in [7, 11) is 2.99. The third kappa shape index (κ3) is 4.35. The predicted molar refractivity (Wildman–Crippen MR) is 115 cm³/mol. The molecular weight excluding hydrogens is 394 g/mol. The Morgan fingerprint density at radius 1 is 1.25 bits per heavy atom. The fraction of sp³-hybridized carbons (Fsp3) is 0.200. The van der Waals surface area contributed by atoms with E-state index in [1.165, 1.54) is 25.6 Å². The second-order valence-electron chi connectivity index (χ2n) is 5.98. The quantitative estimate of drug-likeness (QED) is 0.460. The number of nitrogens with zero attached hydrogens (tertiary/aromatic N) is 3. The van der Waals surface area contributed by atoms with Crippen LogP contribution in [0.25, 0.3) is 10.6 Å². The molecule has 146 valence electrons. The molecule has 8 heteroatoms. The first-order chi connectivity index (χ1) is 13.5. The van der Waals surface area contributed by atoms with Crippen molar-refractivity contribution >= 4 is 28.9 Å². The van der Waals surface area contributed by atoms with E-state index in [0.29, 0.717) is 18.0 Å². The van der Waals surface area contributed by atoms with Gasteiger partial charge < -0.3 is 14.6 Å². The molecular formula is C20H21N3O3S2. The van der Waals surface area contributed by atoms with Gasteiger partial charge in [0.2, 0.25) is 10.6 Å². The molecule has 0 radical (unpaired) electrons. The minimum absolute atomic E-state index is 0.0400. The molecule has 28 heavy (non-hydrogen) atoms. The molecule has 0 saturated heterocycles. The molecule has 0 aliphatic heterocycles. The van der Waals surface area contributed by atoms with Crippen molar-refractivity contribution in [1.82, 2.24) is 4.68 Å². The Balaban J connectivity index is 2.07. The lowest BCUT2D eigenvalue weighted by molar-refractivity contribution is 0.340. The van der Waals surface area contributed by atoms with Crippen molar-refractivity contribution in [2.75, 3.05) is 20.8 Å². The lowest BCUT2D eigenvalue weighted by atomic mass is 10.2. The first-order valence-electron chi connectivity index (χ1n) is 8.42. The highest BCUT2D eigenvalue weighted by molar-refractivity contribution is 7.14. The zero-order valence-electron chi connectivity index (χ0n) is 15.9. The molecule has 0 atom stereocenters. The Hall–Kier alpha value is -2.84. The van der Waals surface area contributed by atoms with E-state index in [0.717, 1.165) is 26.5 Å². The van der Waals surface area contributed by atoms with E-state index in [1.54, 1.807) is 29.7 Å². The summed E-state index contributed by atoms with van der Waals surface area (Å²) in [6.45, 7) is 6.40. The normalized spacial score (nSPS) is 11.9. The predicted octanol–water partition coefficient (Wildman–Crippen LogP) is 4.36. The van der Waals surface area contributed by atoms with E-state index in [4.69, 9.17) is 9.47 Å². The third-order valence-electron chi connectivity index (χ3n) is 3.77. The van der Waals surface area contributed by atoms with Crippen LogP contribution >= 0.6 is 22.7 Å². The summed E-state index contributed by atoms with van der Waals surface area (Å²) in [5.41, 5.74) is 2.68. The first-order valence-corrected chi connectivity index (χ1v) is 10.2. The van der Waals surface area contributed by atoms with Crippen molar-refractivity contribution in [3.8, 4) is 27.8 Å². The topological polar surface area (TPSA) is 68.3 Å². The monoisotopic (exact) mass is 415 g/mol. The maximum atomic E-state index is 10.1. The van der Waals surface area contributed by atoms with E-state index in [2.05, 4.69) is 16.7 Å². The lowest BCUT2D eigenvalue weighted by Crippen LogP contribution is -2.12. The van der Waals surface area contributed by atoms with Gasteiger partial charge in [0.1, 0.15) is 0 Å². The van der Waals surface area contributed by atoms with E-state index in [1.807, 2.05) is 34.5 Å². The summed E-state index contributed by atoms with van der Waals surface area (Å²) in [5, 5.41) is 18.8. The smallest absolute Gasteiger partial charge is 0.206 e. The van der Waals surface area contributed by atoms with Crippen LogP contribution in [0.2, 0.25) is 0 Å². The van der Waals surface area contributed by atoms with Gasteiger partial charge in [0.15, 0.2) is 11.5 Å². The van der Waals surface area contributed by atoms with Gasteiger partial charge in [0.05, 0.1) is 37.6 Å². The van der Waals surface area contributed by atoms with Gasteiger partial charge >= 0.3 is 0 Å². The summed E-state index contributed by atoms with van der Waals surface area (Å²) < 4.78 is 12.2. The van der Waals surface area contributed by atoms with Crippen molar-refractivity contribution in [1.29, 1.82) is 0 Å². The molecule has 0 unspecified atom stereocenters. The molecule has 2 heterocycles. The summed E-state index contributed by atoms with van der Waals surface area (Å²) in [6, 6.07) is 7.45. The number of aromatic hydroxyl groups is 1. The van der Waals surface area contributed by atoms with Gasteiger partial charge in [-0.05, 0) is 30.5 Å². The van der Waals surface area contributed by atoms with E-state index in [-0.39, 0.29) is 5.75 Å². The number of hydrogen-bond donors (Lipinski definition) is 1. The number of thiazole rings is 1. The molecule has 3 aromatic rings. The largest absolute Gasteiger partial charge is 0.502 e. The molecule has 0 spiro atoms. The number of ether oxygens (including phenoxy) is 2. The van der Waals surface area contributed by atoms with Gasteiger partial charge in [-0.15, -0.1) is 22.7 Å². The van der Waals surface area contributed by atoms with Gasteiger partial charge in [-0.2, -0.15) is 5.10 Å². The van der Waals surface area contributed by atoms with Crippen molar-refractivity contribution in [2.45, 2.75) is 6.92 Å². The van der Waals surface area contributed by atoms with Gasteiger partial charge in [0.25, 0.3) is 0 Å². The fourth-order valence-corrected chi connectivity index (χ4v) is 4.06. The average Bonchev–Trinajstić information content (AvgIpc) is 3.34. The molecule has 0 amide bonds. The molecule has 1 aromatic carbocycles. The Labute approximate surface area is 171 Å². The highest BCUT2D eigenvalue weighted by atomic mass is 32.1. The minimum Gasteiger partial charge on any atom is -0.502 e. The van der Waals surface area contributed by atoms with Crippen LogP contribution in [0, 0.1) is 0 Å². The van der Waals surface area contributed by atoms with Crippen LogP contribution in [0.1, 0.15) is 12.5 Å². The zero-order valence-corrected chi connectivity index (χ0v) is 17.5. The summed E-state index contributed by atoms with van der Waals surface area (Å²) in [4.78, 5) is 6.49. The Bertz CT molecular complexity index is 1040. The molecule has 0 bridgehead atoms. The Kier molecular flexibility index (Phi) is 6.33. The Morgan fingerprint density at radius 2 is 1.96 bits per heavy atom. The van der Waals surface area contributed by atoms with Crippen LogP contribution in [-0.4, -0.2) is 36.8 Å². The number of benzene rings is 1. The van der Waals surface area contributed by atoms with Gasteiger partial charge in [-0.25, -0.2) is 4.68 Å². The van der Waals surface area contributed by atoms with Crippen molar-refractivity contribution < 1.29 is 14.6 Å². The highest BCUT2D eigenvalue weighted by Crippen LogP contribution is 2.36. The van der Waals surface area contributed by atoms with Gasteiger partial charge in [-0.1, -0.05) is 18.2 Å². The number of methoxy groups -OCH3 is 2. The van der Waals surface area contributed by atoms with Crippen LogP contribution in [0.4, 0.5) is 0 Å². The van der Waals surface area contributed by atoms with Crippen LogP contribution in [0.3, 0.4) is 0 Å². The molecule has 6 nitrogen and oxygen atoms in total. The molecule has 1 N–H and O–H groups in total. The molecule has 0 saturated carbocycles. The van der Waals surface area contributed by atoms with E-state index < -0.39 is 0 Å².